The van der Waals surface area contributed by atoms with Crippen molar-refractivity contribution in [1.82, 2.24) is 0 Å². The van der Waals surface area contributed by atoms with Crippen LogP contribution in [0.4, 0.5) is 5.88 Å². The molecule has 1 heterocycles. The van der Waals surface area contributed by atoms with E-state index >= 15 is 0 Å². The molecule has 0 bridgehead atoms. The van der Waals surface area contributed by atoms with E-state index in [2.05, 4.69) is 0 Å². The van der Waals surface area contributed by atoms with Crippen molar-refractivity contribution >= 4 is 11.8 Å². The molecule has 0 saturated heterocycles. The number of rotatable bonds is 4. The summed E-state index contributed by atoms with van der Waals surface area (Å²) in [6.07, 6.45) is 0. The van der Waals surface area contributed by atoms with Crippen LogP contribution in [0.5, 0.6) is 0 Å². The normalized spacial score (nSPS) is 12.9. The Balaban J connectivity index is 2.81. The molecule has 1 amide bonds. The van der Waals surface area contributed by atoms with Gasteiger partial charge in [0, 0.05) is 19.7 Å². The monoisotopic (exact) mass is 224 g/mol. The lowest BCUT2D eigenvalue weighted by Gasteiger charge is -2.23. The van der Waals surface area contributed by atoms with Crippen molar-refractivity contribution < 1.29 is 9.21 Å². The second-order valence-corrected chi connectivity index (χ2v) is 4.37. The van der Waals surface area contributed by atoms with Gasteiger partial charge >= 0.3 is 0 Å². The molecule has 0 radical (unpaired) electrons. The fraction of sp³-hybridized carbons (Fsp3) is 0.583. The Morgan fingerprint density at radius 1 is 1.50 bits per heavy atom. The van der Waals surface area contributed by atoms with Gasteiger partial charge in [0.1, 0.15) is 5.76 Å². The highest BCUT2D eigenvalue weighted by molar-refractivity contribution is 5.93. The van der Waals surface area contributed by atoms with Gasteiger partial charge in [-0.2, -0.15) is 0 Å². The summed E-state index contributed by atoms with van der Waals surface area (Å²) in [6, 6.07) is 3.63. The van der Waals surface area contributed by atoms with Crippen LogP contribution in [-0.2, 0) is 4.79 Å². The number of carbonyl (C=O) groups excluding carboxylic acids is 1. The predicted molar refractivity (Wildman–Crippen MR) is 64.2 cm³/mol. The molecule has 4 nitrogen and oxygen atoms in total. The number of nitrogens with zero attached hydrogens (tertiary/aromatic N) is 1. The van der Waals surface area contributed by atoms with Gasteiger partial charge in [0.25, 0.3) is 0 Å². The maximum Gasteiger partial charge on any atom is 0.233 e. The van der Waals surface area contributed by atoms with E-state index in [-0.39, 0.29) is 17.7 Å². The van der Waals surface area contributed by atoms with Gasteiger partial charge in [-0.05, 0) is 18.9 Å². The number of amides is 1. The van der Waals surface area contributed by atoms with Crippen molar-refractivity contribution in [3.05, 3.63) is 17.9 Å². The molecule has 1 unspecified atom stereocenters. The van der Waals surface area contributed by atoms with E-state index in [9.17, 15) is 4.79 Å². The molecule has 0 aliphatic rings. The van der Waals surface area contributed by atoms with Gasteiger partial charge in [-0.1, -0.05) is 13.8 Å². The van der Waals surface area contributed by atoms with Crippen molar-refractivity contribution in [3.63, 3.8) is 0 Å². The second kappa shape index (κ2) is 5.16. The molecule has 16 heavy (non-hydrogen) atoms. The third-order valence-corrected chi connectivity index (χ3v) is 2.76. The van der Waals surface area contributed by atoms with Crippen LogP contribution < -0.4 is 10.6 Å². The summed E-state index contributed by atoms with van der Waals surface area (Å²) in [5.41, 5.74) is 5.62. The third-order valence-electron chi connectivity index (χ3n) is 2.76. The van der Waals surface area contributed by atoms with Crippen LogP contribution in [0.1, 0.15) is 19.6 Å². The topological polar surface area (TPSA) is 59.5 Å². The second-order valence-electron chi connectivity index (χ2n) is 4.37. The summed E-state index contributed by atoms with van der Waals surface area (Å²) >= 11 is 0. The van der Waals surface area contributed by atoms with Crippen molar-refractivity contribution in [2.75, 3.05) is 18.5 Å². The molecule has 1 aromatic heterocycles. The van der Waals surface area contributed by atoms with Crippen molar-refractivity contribution in [1.29, 1.82) is 0 Å². The van der Waals surface area contributed by atoms with E-state index in [4.69, 9.17) is 10.2 Å². The van der Waals surface area contributed by atoms with Gasteiger partial charge in [-0.3, -0.25) is 9.69 Å². The van der Waals surface area contributed by atoms with Crippen molar-refractivity contribution in [2.45, 2.75) is 20.8 Å². The summed E-state index contributed by atoms with van der Waals surface area (Å²) in [6.45, 7) is 6.21. The zero-order valence-electron chi connectivity index (χ0n) is 10.4. The van der Waals surface area contributed by atoms with Crippen LogP contribution >= 0.6 is 0 Å². The number of furan rings is 1. The summed E-state index contributed by atoms with van der Waals surface area (Å²) in [5, 5.41) is 0. The third kappa shape index (κ3) is 2.64. The Morgan fingerprint density at radius 2 is 2.12 bits per heavy atom. The first-order valence-electron chi connectivity index (χ1n) is 5.51. The lowest BCUT2D eigenvalue weighted by molar-refractivity contribution is -0.123. The first-order chi connectivity index (χ1) is 7.47. The van der Waals surface area contributed by atoms with E-state index in [0.717, 1.165) is 5.76 Å². The van der Waals surface area contributed by atoms with Gasteiger partial charge < -0.3 is 10.2 Å². The van der Waals surface area contributed by atoms with Crippen LogP contribution in [0, 0.1) is 18.8 Å². The highest BCUT2D eigenvalue weighted by atomic mass is 16.4. The summed E-state index contributed by atoms with van der Waals surface area (Å²) in [4.78, 5) is 13.6. The van der Waals surface area contributed by atoms with E-state index in [1.807, 2.05) is 26.8 Å². The van der Waals surface area contributed by atoms with Crippen LogP contribution in [0.25, 0.3) is 0 Å². The van der Waals surface area contributed by atoms with Crippen LogP contribution in [-0.4, -0.2) is 19.5 Å². The molecule has 0 saturated carbocycles. The van der Waals surface area contributed by atoms with Crippen molar-refractivity contribution in [3.8, 4) is 0 Å². The molecule has 0 fully saturated rings. The molecular weight excluding hydrogens is 204 g/mol. The first kappa shape index (κ1) is 12.8. The SMILES string of the molecule is Cc1ccc(N(C)C(=O)C(CN)C(C)C)o1. The van der Waals surface area contributed by atoms with Crippen LogP contribution in [0.2, 0.25) is 0 Å². The standard InChI is InChI=1S/C12H20N2O2/c1-8(2)10(7-13)12(15)14(4)11-6-5-9(3)16-11/h5-6,8,10H,7,13H2,1-4H3. The molecular formula is C12H20N2O2. The molecule has 1 aromatic rings. The number of aryl methyl sites for hydroxylation is 1. The number of nitrogens with two attached hydrogens (primary N) is 1. The van der Waals surface area contributed by atoms with Gasteiger partial charge in [-0.25, -0.2) is 0 Å². The molecule has 0 aliphatic heterocycles. The molecule has 4 heteroatoms. The van der Waals surface area contributed by atoms with Crippen LogP contribution in [0.3, 0.4) is 0 Å². The van der Waals surface area contributed by atoms with E-state index in [1.165, 1.54) is 4.90 Å². The minimum atomic E-state index is -0.157. The molecule has 90 valence electrons. The lowest BCUT2D eigenvalue weighted by atomic mass is 9.95. The predicted octanol–water partition coefficient (Wildman–Crippen LogP) is 1.78. The molecule has 0 spiro atoms. The quantitative estimate of drug-likeness (QED) is 0.848. The number of carbonyl (C=O) groups is 1. The average molecular weight is 224 g/mol. The van der Waals surface area contributed by atoms with E-state index < -0.39 is 0 Å². The van der Waals surface area contributed by atoms with Gasteiger partial charge in [0.15, 0.2) is 0 Å². The average Bonchev–Trinajstić information content (AvgIpc) is 2.64. The fourth-order valence-electron chi connectivity index (χ4n) is 1.62. The minimum Gasteiger partial charge on any atom is -0.445 e. The summed E-state index contributed by atoms with van der Waals surface area (Å²) in [5.74, 6) is 1.45. The molecule has 0 aliphatic carbocycles. The largest absolute Gasteiger partial charge is 0.445 e. The zero-order valence-corrected chi connectivity index (χ0v) is 10.4. The zero-order chi connectivity index (χ0) is 12.3. The smallest absolute Gasteiger partial charge is 0.233 e. The number of anilines is 1. The Bertz CT molecular complexity index is 358. The highest BCUT2D eigenvalue weighted by Gasteiger charge is 2.25. The van der Waals surface area contributed by atoms with Gasteiger partial charge in [0.05, 0.1) is 5.92 Å². The molecule has 0 aromatic carbocycles. The minimum absolute atomic E-state index is 0.00634. The number of hydrogen-bond donors (Lipinski definition) is 1. The highest BCUT2D eigenvalue weighted by Crippen LogP contribution is 2.20. The lowest BCUT2D eigenvalue weighted by Crippen LogP contribution is -2.39. The molecule has 1 atom stereocenters. The Hall–Kier alpha value is -1.29. The maximum absolute atomic E-state index is 12.1. The Kier molecular flexibility index (Phi) is 4.12. The van der Waals surface area contributed by atoms with E-state index in [1.54, 1.807) is 13.1 Å². The molecule has 2 N–H and O–H groups in total. The van der Waals surface area contributed by atoms with Gasteiger partial charge in [0.2, 0.25) is 11.8 Å². The maximum atomic E-state index is 12.1. The summed E-state index contributed by atoms with van der Waals surface area (Å²) < 4.78 is 5.41. The van der Waals surface area contributed by atoms with Crippen LogP contribution in [0.15, 0.2) is 16.5 Å². The summed E-state index contributed by atoms with van der Waals surface area (Å²) in [7, 11) is 1.71. The van der Waals surface area contributed by atoms with Crippen molar-refractivity contribution in [2.24, 2.45) is 17.6 Å². The first-order valence-corrected chi connectivity index (χ1v) is 5.51. The van der Waals surface area contributed by atoms with E-state index in [0.29, 0.717) is 12.4 Å². The van der Waals surface area contributed by atoms with Gasteiger partial charge in [-0.15, -0.1) is 0 Å². The Labute approximate surface area is 96.4 Å². The molecule has 1 rings (SSSR count). The fourth-order valence-corrected chi connectivity index (χ4v) is 1.62. The number of hydrogen-bond acceptors (Lipinski definition) is 3. The Morgan fingerprint density at radius 3 is 2.50 bits per heavy atom.